The second kappa shape index (κ2) is 8.19. The van der Waals surface area contributed by atoms with Crippen molar-refractivity contribution in [3.63, 3.8) is 0 Å². The SMILES string of the molecule is O=C(CCc1ncc(-c2ccc(Cl)cc2)o1)NCc1ccc(Cl)cc1. The highest BCUT2D eigenvalue weighted by molar-refractivity contribution is 6.30. The molecule has 128 valence electrons. The van der Waals surface area contributed by atoms with E-state index in [9.17, 15) is 4.79 Å². The maximum atomic E-state index is 11.9. The smallest absolute Gasteiger partial charge is 0.220 e. The van der Waals surface area contributed by atoms with Crippen LogP contribution in [0.15, 0.2) is 59.1 Å². The number of carbonyl (C=O) groups excluding carboxylic acids is 1. The molecule has 2 aromatic carbocycles. The van der Waals surface area contributed by atoms with Crippen LogP contribution in [-0.4, -0.2) is 10.9 Å². The van der Waals surface area contributed by atoms with E-state index in [4.69, 9.17) is 27.6 Å². The van der Waals surface area contributed by atoms with Crippen LogP contribution in [0.4, 0.5) is 0 Å². The average Bonchev–Trinajstić information content (AvgIpc) is 3.09. The third kappa shape index (κ3) is 5.08. The summed E-state index contributed by atoms with van der Waals surface area (Å²) in [5, 5.41) is 4.21. The molecule has 4 nitrogen and oxygen atoms in total. The predicted octanol–water partition coefficient (Wildman–Crippen LogP) is 4.90. The van der Waals surface area contributed by atoms with E-state index in [0.29, 0.717) is 41.1 Å². The number of carbonyl (C=O) groups is 1. The van der Waals surface area contributed by atoms with Crippen molar-refractivity contribution in [1.82, 2.24) is 10.3 Å². The molecule has 1 amide bonds. The summed E-state index contributed by atoms with van der Waals surface area (Å²) in [6.45, 7) is 0.470. The van der Waals surface area contributed by atoms with Gasteiger partial charge in [-0.3, -0.25) is 4.79 Å². The van der Waals surface area contributed by atoms with Crippen LogP contribution in [0.2, 0.25) is 10.0 Å². The van der Waals surface area contributed by atoms with Crippen molar-refractivity contribution in [3.05, 3.63) is 76.2 Å². The minimum atomic E-state index is -0.0545. The molecular weight excluding hydrogens is 359 g/mol. The lowest BCUT2D eigenvalue weighted by molar-refractivity contribution is -0.121. The zero-order chi connectivity index (χ0) is 17.6. The lowest BCUT2D eigenvalue weighted by Crippen LogP contribution is -2.22. The van der Waals surface area contributed by atoms with E-state index < -0.39 is 0 Å². The standard InChI is InChI=1S/C19H16Cl2N2O2/c20-15-5-1-13(2-6-15)11-22-18(24)9-10-19-23-12-17(25-19)14-3-7-16(21)8-4-14/h1-8,12H,9-11H2,(H,22,24). The van der Waals surface area contributed by atoms with Crippen LogP contribution in [0.5, 0.6) is 0 Å². The predicted molar refractivity (Wildman–Crippen MR) is 98.6 cm³/mol. The van der Waals surface area contributed by atoms with Gasteiger partial charge in [-0.1, -0.05) is 35.3 Å². The van der Waals surface area contributed by atoms with Crippen molar-refractivity contribution in [2.75, 3.05) is 0 Å². The molecule has 3 aromatic rings. The van der Waals surface area contributed by atoms with Crippen molar-refractivity contribution in [2.45, 2.75) is 19.4 Å². The number of halogens is 2. The quantitative estimate of drug-likeness (QED) is 0.667. The molecule has 0 aliphatic heterocycles. The van der Waals surface area contributed by atoms with Gasteiger partial charge in [-0.15, -0.1) is 0 Å². The Hall–Kier alpha value is -2.30. The van der Waals surface area contributed by atoms with Gasteiger partial charge in [0.2, 0.25) is 5.91 Å². The van der Waals surface area contributed by atoms with E-state index in [2.05, 4.69) is 10.3 Å². The molecule has 1 aromatic heterocycles. The minimum absolute atomic E-state index is 0.0545. The number of aromatic nitrogens is 1. The normalized spacial score (nSPS) is 10.6. The number of hydrogen-bond donors (Lipinski definition) is 1. The van der Waals surface area contributed by atoms with Crippen molar-refractivity contribution in [2.24, 2.45) is 0 Å². The molecule has 1 heterocycles. The molecule has 1 N–H and O–H groups in total. The molecule has 0 atom stereocenters. The fraction of sp³-hybridized carbons (Fsp3) is 0.158. The maximum Gasteiger partial charge on any atom is 0.220 e. The van der Waals surface area contributed by atoms with Crippen LogP contribution in [0.3, 0.4) is 0 Å². The van der Waals surface area contributed by atoms with Crippen LogP contribution in [-0.2, 0) is 17.8 Å². The highest BCUT2D eigenvalue weighted by atomic mass is 35.5. The van der Waals surface area contributed by atoms with Crippen LogP contribution in [0.25, 0.3) is 11.3 Å². The Kier molecular flexibility index (Phi) is 5.74. The molecule has 0 aliphatic carbocycles. The molecule has 0 unspecified atom stereocenters. The number of aryl methyl sites for hydroxylation is 1. The fourth-order valence-electron chi connectivity index (χ4n) is 2.29. The number of nitrogens with zero attached hydrogens (tertiary/aromatic N) is 1. The summed E-state index contributed by atoms with van der Waals surface area (Å²) in [5.41, 5.74) is 1.90. The first-order valence-corrected chi connectivity index (χ1v) is 8.57. The summed E-state index contributed by atoms with van der Waals surface area (Å²) in [6, 6.07) is 14.7. The molecule has 3 rings (SSSR count). The molecule has 0 fully saturated rings. The highest BCUT2D eigenvalue weighted by Crippen LogP contribution is 2.22. The van der Waals surface area contributed by atoms with E-state index in [1.54, 1.807) is 30.5 Å². The van der Waals surface area contributed by atoms with Crippen molar-refractivity contribution >= 4 is 29.1 Å². The number of nitrogens with one attached hydrogen (secondary N) is 1. The number of hydrogen-bond acceptors (Lipinski definition) is 3. The molecule has 0 spiro atoms. The van der Waals surface area contributed by atoms with E-state index in [1.165, 1.54) is 0 Å². The molecule has 6 heteroatoms. The Balaban J connectivity index is 1.49. The van der Waals surface area contributed by atoms with Gasteiger partial charge in [0.05, 0.1) is 6.20 Å². The number of benzene rings is 2. The second-order valence-corrected chi connectivity index (χ2v) is 6.40. The summed E-state index contributed by atoms with van der Waals surface area (Å²) < 4.78 is 5.69. The lowest BCUT2D eigenvalue weighted by Gasteiger charge is -2.04. The number of oxazole rings is 1. The third-order valence-electron chi connectivity index (χ3n) is 3.65. The summed E-state index contributed by atoms with van der Waals surface area (Å²) in [4.78, 5) is 16.2. The van der Waals surface area contributed by atoms with Gasteiger partial charge in [0, 0.05) is 35.0 Å². The van der Waals surface area contributed by atoms with Crippen LogP contribution < -0.4 is 5.32 Å². The van der Waals surface area contributed by atoms with Gasteiger partial charge in [-0.25, -0.2) is 4.98 Å². The van der Waals surface area contributed by atoms with Gasteiger partial charge in [0.25, 0.3) is 0 Å². The lowest BCUT2D eigenvalue weighted by atomic mass is 10.2. The Bertz CT molecular complexity index is 843. The molecule has 0 bridgehead atoms. The van der Waals surface area contributed by atoms with Gasteiger partial charge >= 0.3 is 0 Å². The Morgan fingerprint density at radius 2 is 1.64 bits per heavy atom. The van der Waals surface area contributed by atoms with E-state index in [-0.39, 0.29) is 5.91 Å². The van der Waals surface area contributed by atoms with E-state index >= 15 is 0 Å². The number of amides is 1. The zero-order valence-electron chi connectivity index (χ0n) is 13.3. The molecular formula is C19H16Cl2N2O2. The Morgan fingerprint density at radius 3 is 2.32 bits per heavy atom. The van der Waals surface area contributed by atoms with Crippen molar-refractivity contribution in [1.29, 1.82) is 0 Å². The Morgan fingerprint density at radius 1 is 1.00 bits per heavy atom. The van der Waals surface area contributed by atoms with E-state index in [1.807, 2.05) is 24.3 Å². The number of rotatable bonds is 6. The first-order chi connectivity index (χ1) is 12.1. The van der Waals surface area contributed by atoms with Crippen LogP contribution >= 0.6 is 23.2 Å². The van der Waals surface area contributed by atoms with Crippen LogP contribution in [0, 0.1) is 0 Å². The van der Waals surface area contributed by atoms with Gasteiger partial charge in [0.15, 0.2) is 11.7 Å². The largest absolute Gasteiger partial charge is 0.441 e. The molecule has 0 aliphatic rings. The first-order valence-electron chi connectivity index (χ1n) is 7.82. The van der Waals surface area contributed by atoms with Gasteiger partial charge in [-0.2, -0.15) is 0 Å². The Labute approximate surface area is 155 Å². The molecule has 0 saturated carbocycles. The summed E-state index contributed by atoms with van der Waals surface area (Å²) in [6.07, 6.45) is 2.42. The van der Waals surface area contributed by atoms with Crippen molar-refractivity contribution < 1.29 is 9.21 Å². The van der Waals surface area contributed by atoms with E-state index in [0.717, 1.165) is 11.1 Å². The van der Waals surface area contributed by atoms with Crippen LogP contribution in [0.1, 0.15) is 17.9 Å². The van der Waals surface area contributed by atoms with Gasteiger partial charge in [-0.05, 0) is 42.0 Å². The highest BCUT2D eigenvalue weighted by Gasteiger charge is 2.09. The van der Waals surface area contributed by atoms with Gasteiger partial charge < -0.3 is 9.73 Å². The minimum Gasteiger partial charge on any atom is -0.441 e. The summed E-state index contributed by atoms with van der Waals surface area (Å²) in [5.74, 6) is 1.14. The molecule has 0 saturated heterocycles. The maximum absolute atomic E-state index is 11.9. The second-order valence-electron chi connectivity index (χ2n) is 5.53. The summed E-state index contributed by atoms with van der Waals surface area (Å²) >= 11 is 11.7. The fourth-order valence-corrected chi connectivity index (χ4v) is 2.54. The van der Waals surface area contributed by atoms with Gasteiger partial charge in [0.1, 0.15) is 0 Å². The molecule has 25 heavy (non-hydrogen) atoms. The molecule has 0 radical (unpaired) electrons. The topological polar surface area (TPSA) is 55.1 Å². The van der Waals surface area contributed by atoms with Crippen molar-refractivity contribution in [3.8, 4) is 11.3 Å². The third-order valence-corrected chi connectivity index (χ3v) is 4.16. The zero-order valence-corrected chi connectivity index (χ0v) is 14.8. The average molecular weight is 375 g/mol. The summed E-state index contributed by atoms with van der Waals surface area (Å²) in [7, 11) is 0. The monoisotopic (exact) mass is 374 g/mol. The first kappa shape index (κ1) is 17.5.